The van der Waals surface area contributed by atoms with Crippen LogP contribution in [0.4, 0.5) is 0 Å². The van der Waals surface area contributed by atoms with Gasteiger partial charge in [0.1, 0.15) is 5.56 Å². The van der Waals surface area contributed by atoms with Crippen LogP contribution in [0.3, 0.4) is 0 Å². The zero-order chi connectivity index (χ0) is 12.8. The maximum absolute atomic E-state index is 11.7. The first kappa shape index (κ1) is 13.4. The van der Waals surface area contributed by atoms with E-state index in [0.29, 0.717) is 13.2 Å². The Morgan fingerprint density at radius 2 is 2.18 bits per heavy atom. The van der Waals surface area contributed by atoms with E-state index in [1.54, 1.807) is 20.1 Å². The number of methoxy groups -OCH3 is 1. The van der Waals surface area contributed by atoms with Gasteiger partial charge in [0, 0.05) is 26.0 Å². The third-order valence-electron chi connectivity index (χ3n) is 2.55. The fraction of sp³-hybridized carbons (Fsp3) is 0.500. The van der Waals surface area contributed by atoms with Crippen LogP contribution >= 0.6 is 0 Å². The summed E-state index contributed by atoms with van der Waals surface area (Å²) in [6.45, 7) is 4.74. The van der Waals surface area contributed by atoms with Crippen molar-refractivity contribution in [3.8, 4) is 0 Å². The van der Waals surface area contributed by atoms with E-state index in [4.69, 9.17) is 4.74 Å². The van der Waals surface area contributed by atoms with Crippen LogP contribution in [0.15, 0.2) is 10.9 Å². The van der Waals surface area contributed by atoms with E-state index in [1.165, 1.54) is 0 Å². The molecule has 94 valence electrons. The Labute approximate surface area is 100 Å². The average Bonchev–Trinajstić information content (AvgIpc) is 2.29. The monoisotopic (exact) mass is 238 g/mol. The Morgan fingerprint density at radius 3 is 2.82 bits per heavy atom. The lowest BCUT2D eigenvalue weighted by molar-refractivity contribution is 0.0947. The van der Waals surface area contributed by atoms with Crippen molar-refractivity contribution in [2.75, 3.05) is 20.3 Å². The van der Waals surface area contributed by atoms with Crippen LogP contribution < -0.4 is 10.9 Å². The van der Waals surface area contributed by atoms with Crippen LogP contribution in [0.25, 0.3) is 0 Å². The molecule has 0 saturated carbocycles. The first-order valence-electron chi connectivity index (χ1n) is 5.54. The van der Waals surface area contributed by atoms with Crippen molar-refractivity contribution in [1.82, 2.24) is 10.3 Å². The lowest BCUT2D eigenvalue weighted by Crippen LogP contribution is -2.31. The Morgan fingerprint density at radius 1 is 1.47 bits per heavy atom. The molecule has 0 aliphatic heterocycles. The van der Waals surface area contributed by atoms with Gasteiger partial charge in [-0.05, 0) is 31.9 Å². The van der Waals surface area contributed by atoms with Crippen molar-refractivity contribution < 1.29 is 9.53 Å². The molecule has 1 rings (SSSR count). The summed E-state index contributed by atoms with van der Waals surface area (Å²) in [5.74, 6) is -0.342. The molecule has 2 N–H and O–H groups in total. The molecule has 0 aliphatic rings. The summed E-state index contributed by atoms with van der Waals surface area (Å²) in [4.78, 5) is 26.0. The minimum absolute atomic E-state index is 0.158. The van der Waals surface area contributed by atoms with Gasteiger partial charge in [-0.3, -0.25) is 9.59 Å². The molecular weight excluding hydrogens is 220 g/mol. The normalized spacial score (nSPS) is 10.3. The van der Waals surface area contributed by atoms with Gasteiger partial charge < -0.3 is 15.0 Å². The highest BCUT2D eigenvalue weighted by atomic mass is 16.5. The number of ether oxygens (including phenoxy) is 1. The van der Waals surface area contributed by atoms with Crippen LogP contribution in [-0.2, 0) is 4.74 Å². The number of aromatic amines is 1. The Balaban J connectivity index is 2.69. The first-order valence-corrected chi connectivity index (χ1v) is 5.54. The standard InChI is InChI=1S/C12H18N2O3/c1-8-7-10(12(16)14-9(8)2)11(15)13-5-4-6-17-3/h7H,4-6H2,1-3H3,(H,13,15)(H,14,16). The highest BCUT2D eigenvalue weighted by Crippen LogP contribution is 2.02. The summed E-state index contributed by atoms with van der Waals surface area (Å²) in [5, 5.41) is 2.68. The summed E-state index contributed by atoms with van der Waals surface area (Å²) in [6, 6.07) is 1.61. The second-order valence-electron chi connectivity index (χ2n) is 3.92. The molecule has 1 aromatic heterocycles. The van der Waals surface area contributed by atoms with Crippen LogP contribution in [0.5, 0.6) is 0 Å². The molecular formula is C12H18N2O3. The number of rotatable bonds is 5. The predicted molar refractivity (Wildman–Crippen MR) is 65.4 cm³/mol. The Hall–Kier alpha value is -1.62. The molecule has 5 heteroatoms. The predicted octanol–water partition coefficient (Wildman–Crippen LogP) is 0.758. The summed E-state index contributed by atoms with van der Waals surface area (Å²) >= 11 is 0. The van der Waals surface area contributed by atoms with Gasteiger partial charge in [0.05, 0.1) is 0 Å². The average molecular weight is 238 g/mol. The highest BCUT2D eigenvalue weighted by molar-refractivity contribution is 5.93. The van der Waals surface area contributed by atoms with Gasteiger partial charge in [0.25, 0.3) is 11.5 Å². The zero-order valence-corrected chi connectivity index (χ0v) is 10.4. The lowest BCUT2D eigenvalue weighted by atomic mass is 10.1. The number of pyridine rings is 1. The fourth-order valence-corrected chi connectivity index (χ4v) is 1.41. The number of carbonyl (C=O) groups excluding carboxylic acids is 1. The molecule has 1 aromatic rings. The molecule has 0 spiro atoms. The topological polar surface area (TPSA) is 71.2 Å². The van der Waals surface area contributed by atoms with Gasteiger partial charge in [-0.2, -0.15) is 0 Å². The van der Waals surface area contributed by atoms with Crippen LogP contribution in [0.2, 0.25) is 0 Å². The molecule has 5 nitrogen and oxygen atoms in total. The molecule has 0 radical (unpaired) electrons. The van der Waals surface area contributed by atoms with Gasteiger partial charge in [-0.1, -0.05) is 0 Å². The number of amides is 1. The zero-order valence-electron chi connectivity index (χ0n) is 10.4. The van der Waals surface area contributed by atoms with E-state index in [2.05, 4.69) is 10.3 Å². The molecule has 0 aromatic carbocycles. The SMILES string of the molecule is COCCCNC(=O)c1cc(C)c(C)[nH]c1=O. The summed E-state index contributed by atoms with van der Waals surface area (Å²) in [6.07, 6.45) is 0.727. The number of H-pyrrole nitrogens is 1. The minimum Gasteiger partial charge on any atom is -0.385 e. The summed E-state index contributed by atoms with van der Waals surface area (Å²) in [7, 11) is 1.61. The number of aryl methyl sites for hydroxylation is 2. The van der Waals surface area contributed by atoms with Crippen LogP contribution in [0, 0.1) is 13.8 Å². The summed E-state index contributed by atoms with van der Waals surface area (Å²) < 4.78 is 4.87. The second kappa shape index (κ2) is 6.20. The molecule has 1 heterocycles. The van der Waals surface area contributed by atoms with Gasteiger partial charge in [-0.15, -0.1) is 0 Å². The van der Waals surface area contributed by atoms with Crippen molar-refractivity contribution in [1.29, 1.82) is 0 Å². The maximum Gasteiger partial charge on any atom is 0.261 e. The number of carbonyl (C=O) groups is 1. The Bertz CT molecular complexity index is 452. The van der Waals surface area contributed by atoms with E-state index in [9.17, 15) is 9.59 Å². The van der Waals surface area contributed by atoms with E-state index >= 15 is 0 Å². The smallest absolute Gasteiger partial charge is 0.261 e. The Kier molecular flexibility index (Phi) is 4.90. The van der Waals surface area contributed by atoms with Gasteiger partial charge in [0.15, 0.2) is 0 Å². The molecule has 0 fully saturated rings. The molecule has 0 atom stereocenters. The van der Waals surface area contributed by atoms with Gasteiger partial charge in [-0.25, -0.2) is 0 Å². The van der Waals surface area contributed by atoms with Gasteiger partial charge >= 0.3 is 0 Å². The number of hydrogen-bond acceptors (Lipinski definition) is 3. The van der Waals surface area contributed by atoms with Crippen molar-refractivity contribution in [3.05, 3.63) is 33.2 Å². The van der Waals surface area contributed by atoms with E-state index in [-0.39, 0.29) is 17.0 Å². The highest BCUT2D eigenvalue weighted by Gasteiger charge is 2.11. The first-order chi connectivity index (χ1) is 8.06. The minimum atomic E-state index is -0.350. The molecule has 0 saturated heterocycles. The number of hydrogen-bond donors (Lipinski definition) is 2. The molecule has 0 unspecified atom stereocenters. The number of aromatic nitrogens is 1. The van der Waals surface area contributed by atoms with E-state index in [1.807, 2.05) is 6.92 Å². The van der Waals surface area contributed by atoms with Crippen molar-refractivity contribution in [2.24, 2.45) is 0 Å². The lowest BCUT2D eigenvalue weighted by Gasteiger charge is -2.06. The molecule has 17 heavy (non-hydrogen) atoms. The third-order valence-corrected chi connectivity index (χ3v) is 2.55. The van der Waals surface area contributed by atoms with E-state index < -0.39 is 0 Å². The summed E-state index contributed by atoms with van der Waals surface area (Å²) in [5.41, 5.74) is 1.49. The van der Waals surface area contributed by atoms with Crippen molar-refractivity contribution in [2.45, 2.75) is 20.3 Å². The van der Waals surface area contributed by atoms with E-state index in [0.717, 1.165) is 17.7 Å². The molecule has 0 bridgehead atoms. The maximum atomic E-state index is 11.7. The molecule has 0 aliphatic carbocycles. The second-order valence-corrected chi connectivity index (χ2v) is 3.92. The molecule has 1 amide bonds. The van der Waals surface area contributed by atoms with Crippen molar-refractivity contribution in [3.63, 3.8) is 0 Å². The number of nitrogens with one attached hydrogen (secondary N) is 2. The van der Waals surface area contributed by atoms with Crippen molar-refractivity contribution >= 4 is 5.91 Å². The third kappa shape index (κ3) is 3.71. The quantitative estimate of drug-likeness (QED) is 0.744. The largest absolute Gasteiger partial charge is 0.385 e. The fourth-order valence-electron chi connectivity index (χ4n) is 1.41. The van der Waals surface area contributed by atoms with Crippen LogP contribution in [0.1, 0.15) is 28.0 Å². The van der Waals surface area contributed by atoms with Crippen LogP contribution in [-0.4, -0.2) is 31.2 Å². The van der Waals surface area contributed by atoms with Gasteiger partial charge in [0.2, 0.25) is 0 Å².